The van der Waals surface area contributed by atoms with E-state index in [-0.39, 0.29) is 4.90 Å². The van der Waals surface area contributed by atoms with Crippen LogP contribution in [0.5, 0.6) is 0 Å². The fourth-order valence-corrected chi connectivity index (χ4v) is 3.68. The molecule has 3 N–H and O–H groups in total. The largest absolute Gasteiger partial charge is 0.277 e. The fourth-order valence-electron chi connectivity index (χ4n) is 3.12. The molecule has 0 unspecified atom stereocenters. The van der Waals surface area contributed by atoms with Gasteiger partial charge in [0.05, 0.1) is 16.1 Å². The van der Waals surface area contributed by atoms with Gasteiger partial charge in [-0.2, -0.15) is 5.10 Å². The molecule has 0 aliphatic carbocycles. The van der Waals surface area contributed by atoms with Crippen molar-refractivity contribution in [2.75, 3.05) is 0 Å². The number of H-pyrrole nitrogens is 1. The average Bonchev–Trinajstić information content (AvgIpc) is 3.12. The number of hydrogen-bond acceptors (Lipinski definition) is 3. The zero-order valence-electron chi connectivity index (χ0n) is 15.0. The van der Waals surface area contributed by atoms with E-state index in [9.17, 15) is 8.42 Å². The van der Waals surface area contributed by atoms with Crippen molar-refractivity contribution in [3.05, 3.63) is 90.0 Å². The first-order chi connectivity index (χ1) is 13.5. The molecule has 0 spiro atoms. The first kappa shape index (κ1) is 18.2. The second-order valence-electron chi connectivity index (χ2n) is 6.54. The number of allylic oxidation sites excluding steroid dienone is 1. The molecule has 0 atom stereocenters. The molecule has 0 saturated carbocycles. The Kier molecular flexibility index (Phi) is 4.81. The van der Waals surface area contributed by atoms with E-state index in [4.69, 9.17) is 5.14 Å². The fraction of sp³-hybridized carbons (Fsp3) is 0.0455. The number of aromatic amines is 1. The summed E-state index contributed by atoms with van der Waals surface area (Å²) in [4.78, 5) is 0.0695. The molecule has 0 radical (unpaired) electrons. The normalized spacial score (nSPS) is 12.0. The third kappa shape index (κ3) is 3.88. The van der Waals surface area contributed by atoms with E-state index in [2.05, 4.69) is 34.5 Å². The Morgan fingerprint density at radius 1 is 0.964 bits per heavy atom. The summed E-state index contributed by atoms with van der Waals surface area (Å²) < 4.78 is 23.3. The molecule has 140 valence electrons. The summed E-state index contributed by atoms with van der Waals surface area (Å²) >= 11 is 0. The van der Waals surface area contributed by atoms with Gasteiger partial charge < -0.3 is 0 Å². The van der Waals surface area contributed by atoms with Crippen molar-refractivity contribution in [2.24, 2.45) is 5.14 Å². The molecule has 3 aromatic carbocycles. The lowest BCUT2D eigenvalue weighted by Crippen LogP contribution is -2.11. The lowest BCUT2D eigenvalue weighted by atomic mass is 10.0. The maximum atomic E-state index is 11.6. The number of hydrogen-bond donors (Lipinski definition) is 2. The zero-order valence-corrected chi connectivity index (χ0v) is 15.9. The summed E-state index contributed by atoms with van der Waals surface area (Å²) in [6.07, 6.45) is 5.05. The number of benzene rings is 3. The Labute approximate surface area is 163 Å². The monoisotopic (exact) mass is 389 g/mol. The van der Waals surface area contributed by atoms with Crippen molar-refractivity contribution < 1.29 is 8.42 Å². The maximum absolute atomic E-state index is 11.6. The number of nitrogens with zero attached hydrogens (tertiary/aromatic N) is 1. The van der Waals surface area contributed by atoms with Gasteiger partial charge in [0.1, 0.15) is 0 Å². The molecule has 0 aliphatic rings. The molecule has 4 rings (SSSR count). The molecule has 5 nitrogen and oxygen atoms in total. The van der Waals surface area contributed by atoms with Gasteiger partial charge in [0, 0.05) is 10.9 Å². The van der Waals surface area contributed by atoms with Gasteiger partial charge in [0.25, 0.3) is 0 Å². The first-order valence-corrected chi connectivity index (χ1v) is 10.4. The minimum atomic E-state index is -3.77. The summed E-state index contributed by atoms with van der Waals surface area (Å²) in [6, 6.07) is 22.8. The van der Waals surface area contributed by atoms with Gasteiger partial charge in [-0.25, -0.2) is 13.6 Å². The van der Waals surface area contributed by atoms with Gasteiger partial charge in [-0.05, 0) is 41.8 Å². The summed E-state index contributed by atoms with van der Waals surface area (Å²) in [6.45, 7) is 0. The van der Waals surface area contributed by atoms with Crippen molar-refractivity contribution in [2.45, 2.75) is 11.3 Å². The molecular weight excluding hydrogens is 370 g/mol. The van der Waals surface area contributed by atoms with E-state index in [0.717, 1.165) is 22.9 Å². The number of aromatic nitrogens is 2. The second kappa shape index (κ2) is 7.42. The third-order valence-electron chi connectivity index (χ3n) is 4.53. The van der Waals surface area contributed by atoms with Crippen LogP contribution < -0.4 is 5.14 Å². The zero-order chi connectivity index (χ0) is 19.6. The van der Waals surface area contributed by atoms with Crippen LogP contribution in [0.1, 0.15) is 11.1 Å². The van der Waals surface area contributed by atoms with Crippen molar-refractivity contribution in [1.29, 1.82) is 0 Å². The molecule has 0 amide bonds. The van der Waals surface area contributed by atoms with Crippen LogP contribution in [-0.2, 0) is 16.4 Å². The Balaban J connectivity index is 1.67. The van der Waals surface area contributed by atoms with E-state index in [0.29, 0.717) is 11.3 Å². The summed E-state index contributed by atoms with van der Waals surface area (Å²) in [5, 5.41) is 13.6. The minimum absolute atomic E-state index is 0.0695. The Morgan fingerprint density at radius 3 is 2.57 bits per heavy atom. The number of nitrogens with one attached hydrogen (secondary N) is 1. The molecule has 1 heterocycles. The topological polar surface area (TPSA) is 88.8 Å². The minimum Gasteiger partial charge on any atom is -0.277 e. The molecule has 0 bridgehead atoms. The number of rotatable bonds is 5. The highest BCUT2D eigenvalue weighted by Gasteiger charge is 2.13. The van der Waals surface area contributed by atoms with E-state index < -0.39 is 10.0 Å². The molecule has 4 aromatic rings. The van der Waals surface area contributed by atoms with Crippen molar-refractivity contribution in [1.82, 2.24) is 10.2 Å². The van der Waals surface area contributed by atoms with Crippen LogP contribution in [0, 0.1) is 0 Å². The van der Waals surface area contributed by atoms with Gasteiger partial charge in [0.2, 0.25) is 10.0 Å². The summed E-state index contributed by atoms with van der Waals surface area (Å²) in [5.41, 5.74) is 4.58. The molecular formula is C22H19N3O2S. The van der Waals surface area contributed by atoms with Crippen molar-refractivity contribution in [3.8, 4) is 11.3 Å². The Morgan fingerprint density at radius 2 is 1.79 bits per heavy atom. The van der Waals surface area contributed by atoms with Crippen LogP contribution in [0.15, 0.2) is 83.8 Å². The predicted octanol–water partition coefficient (Wildman–Crippen LogP) is 4.13. The molecule has 0 saturated heterocycles. The van der Waals surface area contributed by atoms with E-state index in [1.807, 2.05) is 42.5 Å². The van der Waals surface area contributed by atoms with Crippen LogP contribution in [0.3, 0.4) is 0 Å². The van der Waals surface area contributed by atoms with E-state index >= 15 is 0 Å². The van der Waals surface area contributed by atoms with Crippen LogP contribution >= 0.6 is 0 Å². The Hall–Kier alpha value is -3.22. The van der Waals surface area contributed by atoms with Gasteiger partial charge in [-0.1, -0.05) is 60.7 Å². The average molecular weight is 389 g/mol. The Bertz CT molecular complexity index is 1260. The quantitative estimate of drug-likeness (QED) is 0.538. The lowest BCUT2D eigenvalue weighted by molar-refractivity contribution is 0.598. The number of fused-ring (bicyclic) bond motifs is 1. The van der Waals surface area contributed by atoms with Crippen LogP contribution in [-0.4, -0.2) is 18.6 Å². The lowest BCUT2D eigenvalue weighted by Gasteiger charge is -2.02. The van der Waals surface area contributed by atoms with Crippen LogP contribution in [0.4, 0.5) is 0 Å². The first-order valence-electron chi connectivity index (χ1n) is 8.82. The summed E-state index contributed by atoms with van der Waals surface area (Å²) in [7, 11) is -3.77. The second-order valence-corrected chi connectivity index (χ2v) is 8.10. The molecule has 0 aliphatic heterocycles. The highest BCUT2D eigenvalue weighted by atomic mass is 32.2. The molecule has 28 heavy (non-hydrogen) atoms. The van der Waals surface area contributed by atoms with Crippen LogP contribution in [0.2, 0.25) is 0 Å². The van der Waals surface area contributed by atoms with E-state index in [1.165, 1.54) is 11.6 Å². The molecule has 1 aromatic heterocycles. The van der Waals surface area contributed by atoms with Gasteiger partial charge >= 0.3 is 0 Å². The molecule has 6 heteroatoms. The third-order valence-corrected chi connectivity index (χ3v) is 5.44. The highest BCUT2D eigenvalue weighted by Crippen LogP contribution is 2.28. The number of primary sulfonamides is 1. The SMILES string of the molecule is NS(=O)(=O)c1cccc(-c2n[nH]c3ccc(/C=C/Cc4ccccc4)cc23)c1. The number of nitrogens with two attached hydrogens (primary N) is 1. The number of sulfonamides is 1. The maximum Gasteiger partial charge on any atom is 0.238 e. The molecule has 0 fully saturated rings. The van der Waals surface area contributed by atoms with Crippen molar-refractivity contribution in [3.63, 3.8) is 0 Å². The van der Waals surface area contributed by atoms with Crippen LogP contribution in [0.25, 0.3) is 28.2 Å². The van der Waals surface area contributed by atoms with Gasteiger partial charge in [-0.15, -0.1) is 0 Å². The highest BCUT2D eigenvalue weighted by molar-refractivity contribution is 7.89. The van der Waals surface area contributed by atoms with E-state index in [1.54, 1.807) is 12.1 Å². The van der Waals surface area contributed by atoms with Gasteiger partial charge in [0.15, 0.2) is 0 Å². The smallest absolute Gasteiger partial charge is 0.238 e. The standard InChI is InChI=1S/C22H19N3O2S/c23-28(26,27)19-11-5-10-18(15-19)22-20-14-17(12-13-21(20)24-25-22)9-4-8-16-6-2-1-3-7-16/h1-7,9-15H,8H2,(H,24,25)(H2,23,26,27)/b9-4+. The summed E-state index contributed by atoms with van der Waals surface area (Å²) in [5.74, 6) is 0. The predicted molar refractivity (Wildman–Crippen MR) is 112 cm³/mol. The van der Waals surface area contributed by atoms with Gasteiger partial charge in [-0.3, -0.25) is 5.10 Å². The van der Waals surface area contributed by atoms with Crippen molar-refractivity contribution >= 4 is 27.0 Å².